The van der Waals surface area contributed by atoms with Crippen molar-refractivity contribution in [3.63, 3.8) is 0 Å². The van der Waals surface area contributed by atoms with Gasteiger partial charge in [-0.15, -0.1) is 0 Å². The van der Waals surface area contributed by atoms with Gasteiger partial charge in [-0.2, -0.15) is 0 Å². The average Bonchev–Trinajstić information content (AvgIpc) is 4.00. The van der Waals surface area contributed by atoms with Gasteiger partial charge in [-0.1, -0.05) is 172 Å². The molecule has 0 unspecified atom stereocenters. The van der Waals surface area contributed by atoms with E-state index in [-0.39, 0.29) is 5.41 Å². The second-order valence-electron chi connectivity index (χ2n) is 18.1. The predicted molar refractivity (Wildman–Crippen MR) is 277 cm³/mol. The van der Waals surface area contributed by atoms with Crippen molar-refractivity contribution in [2.45, 2.75) is 19.3 Å². The van der Waals surface area contributed by atoms with E-state index in [0.717, 1.165) is 55.8 Å². The molecule has 3 nitrogen and oxygen atoms in total. The highest BCUT2D eigenvalue weighted by atomic mass is 16.3. The number of hydrogen-bond donors (Lipinski definition) is 0. The third-order valence-electron chi connectivity index (χ3n) is 14.0. The summed E-state index contributed by atoms with van der Waals surface area (Å²) < 4.78 is 9.13. The van der Waals surface area contributed by atoms with Crippen molar-refractivity contribution in [1.82, 2.24) is 4.57 Å². The average molecular weight is 845 g/mol. The molecule has 0 saturated carbocycles. The third-order valence-corrected chi connectivity index (χ3v) is 14.0. The zero-order valence-electron chi connectivity index (χ0n) is 36.7. The Balaban J connectivity index is 0.985. The van der Waals surface area contributed by atoms with Crippen LogP contribution in [0.5, 0.6) is 0 Å². The van der Waals surface area contributed by atoms with Crippen LogP contribution in [-0.4, -0.2) is 4.57 Å². The molecule has 66 heavy (non-hydrogen) atoms. The van der Waals surface area contributed by atoms with Crippen LogP contribution in [-0.2, 0) is 5.41 Å². The Morgan fingerprint density at radius 1 is 0.394 bits per heavy atom. The number of furan rings is 1. The highest BCUT2D eigenvalue weighted by Gasteiger charge is 2.38. The molecule has 0 spiro atoms. The maximum Gasteiger partial charge on any atom is 0.137 e. The molecule has 3 heteroatoms. The molecule has 0 atom stereocenters. The second kappa shape index (κ2) is 14.8. The molecule has 0 amide bonds. The first-order chi connectivity index (χ1) is 32.5. The first-order valence-corrected chi connectivity index (χ1v) is 22.8. The summed E-state index contributed by atoms with van der Waals surface area (Å²) >= 11 is 0. The summed E-state index contributed by atoms with van der Waals surface area (Å²) in [5, 5.41) is 4.63. The number of fused-ring (bicyclic) bond motifs is 9. The number of para-hydroxylation sites is 2. The molecule has 0 saturated heterocycles. The lowest BCUT2D eigenvalue weighted by Gasteiger charge is -2.29. The number of hydrogen-bond acceptors (Lipinski definition) is 2. The van der Waals surface area contributed by atoms with Crippen LogP contribution >= 0.6 is 0 Å². The Bertz CT molecular complexity index is 3820. The summed E-state index contributed by atoms with van der Waals surface area (Å²) in [5.41, 5.74) is 20.7. The van der Waals surface area contributed by atoms with Crippen molar-refractivity contribution in [1.29, 1.82) is 0 Å². The van der Waals surface area contributed by atoms with Crippen molar-refractivity contribution in [2.24, 2.45) is 0 Å². The van der Waals surface area contributed by atoms with Gasteiger partial charge in [-0.05, 0) is 123 Å². The molecular weight excluding hydrogens is 801 g/mol. The number of anilines is 3. The molecule has 0 bridgehead atoms. The van der Waals surface area contributed by atoms with Crippen LogP contribution < -0.4 is 4.90 Å². The summed E-state index contributed by atoms with van der Waals surface area (Å²) in [4.78, 5) is 2.47. The summed E-state index contributed by atoms with van der Waals surface area (Å²) in [5.74, 6) is 0. The van der Waals surface area contributed by atoms with Gasteiger partial charge in [0.05, 0.1) is 27.8 Å². The molecule has 13 rings (SSSR count). The van der Waals surface area contributed by atoms with Crippen LogP contribution in [0.2, 0.25) is 0 Å². The number of nitrogens with zero attached hydrogens (tertiary/aromatic N) is 2. The van der Waals surface area contributed by atoms with Gasteiger partial charge >= 0.3 is 0 Å². The summed E-state index contributed by atoms with van der Waals surface area (Å²) in [7, 11) is 0. The Hall–Kier alpha value is -8.40. The molecule has 2 heterocycles. The van der Waals surface area contributed by atoms with Gasteiger partial charge in [-0.3, -0.25) is 0 Å². The minimum absolute atomic E-state index is 0.152. The highest BCUT2D eigenvalue weighted by Crippen LogP contribution is 2.55. The lowest BCUT2D eigenvalue weighted by atomic mass is 9.82. The van der Waals surface area contributed by atoms with Gasteiger partial charge < -0.3 is 13.9 Å². The fraction of sp³-hybridized carbons (Fsp3) is 0.0476. The second-order valence-corrected chi connectivity index (χ2v) is 18.1. The van der Waals surface area contributed by atoms with Crippen LogP contribution in [0, 0.1) is 0 Å². The summed E-state index contributed by atoms with van der Waals surface area (Å²) in [6.07, 6.45) is 0. The van der Waals surface area contributed by atoms with E-state index in [9.17, 15) is 0 Å². The SMILES string of the molecule is CC1(C)c2ccccc2-c2c(N(c3ccc(-c4ccc(-c5ccccc5)cc4)cc3)c3cccc4oc5ccc(-c6ccc7c(c6)c6ccccc6n7-c6ccccc6)cc5c34)cccc21. The first-order valence-electron chi connectivity index (χ1n) is 22.8. The number of benzene rings is 10. The lowest BCUT2D eigenvalue weighted by Crippen LogP contribution is -2.16. The van der Waals surface area contributed by atoms with E-state index in [4.69, 9.17) is 4.42 Å². The third kappa shape index (κ3) is 5.90. The standard InChI is InChI=1S/C63H44N2O/c1-63(2)53-21-11-9-20-50(53)61-54(63)22-13-24-57(61)65(48-35-31-44(32-36-48)43-29-27-42(28-30-43)41-15-5-3-6-16-41)58-25-14-26-60-62(58)52-40-46(34-38-59(52)66-60)45-33-37-56-51(39-45)49-19-10-12-23-55(49)64(56)47-17-7-4-8-18-47/h3-40H,1-2H3. The topological polar surface area (TPSA) is 21.3 Å². The van der Waals surface area contributed by atoms with Crippen LogP contribution in [0.4, 0.5) is 17.1 Å². The van der Waals surface area contributed by atoms with Crippen LogP contribution in [0.3, 0.4) is 0 Å². The van der Waals surface area contributed by atoms with E-state index < -0.39 is 0 Å². The normalized spacial score (nSPS) is 12.8. The van der Waals surface area contributed by atoms with E-state index in [2.05, 4.69) is 254 Å². The fourth-order valence-corrected chi connectivity index (χ4v) is 10.8. The minimum Gasteiger partial charge on any atom is -0.456 e. The largest absolute Gasteiger partial charge is 0.456 e. The van der Waals surface area contributed by atoms with Crippen LogP contribution in [0.15, 0.2) is 235 Å². The van der Waals surface area contributed by atoms with Gasteiger partial charge in [0.2, 0.25) is 0 Å². The van der Waals surface area contributed by atoms with E-state index in [1.54, 1.807) is 0 Å². The molecule has 0 radical (unpaired) electrons. The minimum atomic E-state index is -0.152. The van der Waals surface area contributed by atoms with Crippen LogP contribution in [0.1, 0.15) is 25.0 Å². The molecular formula is C63H44N2O. The van der Waals surface area contributed by atoms with E-state index >= 15 is 0 Å². The van der Waals surface area contributed by atoms with E-state index in [0.29, 0.717) is 0 Å². The van der Waals surface area contributed by atoms with Gasteiger partial charge in [-0.25, -0.2) is 0 Å². The highest BCUT2D eigenvalue weighted by molar-refractivity contribution is 6.16. The van der Waals surface area contributed by atoms with Crippen LogP contribution in [0.25, 0.3) is 93.9 Å². The molecule has 1 aliphatic carbocycles. The lowest BCUT2D eigenvalue weighted by molar-refractivity contribution is 0.660. The Morgan fingerprint density at radius 2 is 0.955 bits per heavy atom. The van der Waals surface area contributed by atoms with Crippen molar-refractivity contribution in [3.8, 4) is 50.2 Å². The van der Waals surface area contributed by atoms with Gasteiger partial charge in [0.1, 0.15) is 11.2 Å². The molecule has 2 aromatic heterocycles. The Labute approximate surface area is 384 Å². The first kappa shape index (κ1) is 38.1. The maximum atomic E-state index is 6.76. The predicted octanol–water partition coefficient (Wildman–Crippen LogP) is 17.5. The maximum absolute atomic E-state index is 6.76. The van der Waals surface area contributed by atoms with Crippen molar-refractivity contribution >= 4 is 60.8 Å². The number of aromatic nitrogens is 1. The Kier molecular flexibility index (Phi) is 8.56. The molecule has 1 aliphatic rings. The van der Waals surface area contributed by atoms with Gasteiger partial charge in [0, 0.05) is 38.5 Å². The molecule has 312 valence electrons. The molecule has 12 aromatic rings. The van der Waals surface area contributed by atoms with E-state index in [1.165, 1.54) is 66.3 Å². The summed E-state index contributed by atoms with van der Waals surface area (Å²) in [6.45, 7) is 4.71. The monoisotopic (exact) mass is 844 g/mol. The quantitative estimate of drug-likeness (QED) is 0.159. The molecule has 10 aromatic carbocycles. The molecule has 0 aliphatic heterocycles. The number of rotatable bonds is 7. The molecule has 0 fully saturated rings. The molecule has 0 N–H and O–H groups in total. The zero-order chi connectivity index (χ0) is 43.9. The Morgan fingerprint density at radius 3 is 1.73 bits per heavy atom. The van der Waals surface area contributed by atoms with Gasteiger partial charge in [0.15, 0.2) is 0 Å². The smallest absolute Gasteiger partial charge is 0.137 e. The fourth-order valence-electron chi connectivity index (χ4n) is 10.8. The van der Waals surface area contributed by atoms with Crippen molar-refractivity contribution in [2.75, 3.05) is 4.90 Å². The van der Waals surface area contributed by atoms with Crippen molar-refractivity contribution in [3.05, 3.63) is 242 Å². The van der Waals surface area contributed by atoms with Crippen molar-refractivity contribution < 1.29 is 4.42 Å². The summed E-state index contributed by atoms with van der Waals surface area (Å²) in [6, 6.07) is 83.8. The zero-order valence-corrected chi connectivity index (χ0v) is 36.7. The van der Waals surface area contributed by atoms with E-state index in [1.807, 2.05) is 0 Å². The van der Waals surface area contributed by atoms with Gasteiger partial charge in [0.25, 0.3) is 0 Å².